The maximum Gasteiger partial charge on any atom is -0.0181 e. The lowest BCUT2D eigenvalue weighted by Crippen LogP contribution is -1.86. The highest BCUT2D eigenvalue weighted by Crippen LogP contribution is 2.17. The molecule has 0 spiro atoms. The summed E-state index contributed by atoms with van der Waals surface area (Å²) in [5.41, 5.74) is 1.49. The molecule has 2 aromatic carbocycles. The summed E-state index contributed by atoms with van der Waals surface area (Å²) in [4.78, 5) is 0. The molecular weight excluding hydrogens is 336 g/mol. The predicted octanol–water partition coefficient (Wildman–Crippen LogP) is 9.42. The van der Waals surface area contributed by atoms with Gasteiger partial charge in [-0.15, -0.1) is 0 Å². The molecule has 0 heterocycles. The first-order chi connectivity index (χ1) is 13.9. The molecule has 0 saturated heterocycles. The highest BCUT2D eigenvalue weighted by molar-refractivity contribution is 5.82. The first-order valence-corrected chi connectivity index (χ1v) is 12.0. The van der Waals surface area contributed by atoms with Gasteiger partial charge in [0.1, 0.15) is 0 Å². The van der Waals surface area contributed by atoms with Crippen molar-refractivity contribution >= 4 is 10.8 Å². The summed E-state index contributed by atoms with van der Waals surface area (Å²) in [5, 5.41) is 2.72. The minimum atomic E-state index is 1.22. The molecule has 0 aliphatic heterocycles. The molecular formula is C28H42. The zero-order valence-corrected chi connectivity index (χ0v) is 18.3. The summed E-state index contributed by atoms with van der Waals surface area (Å²) in [5.74, 6) is 0. The van der Waals surface area contributed by atoms with E-state index in [-0.39, 0.29) is 0 Å². The van der Waals surface area contributed by atoms with E-state index >= 15 is 0 Å². The Kier molecular flexibility index (Phi) is 12.5. The van der Waals surface area contributed by atoms with Crippen LogP contribution >= 0.6 is 0 Å². The Labute approximate surface area is 174 Å². The van der Waals surface area contributed by atoms with Crippen molar-refractivity contribution in [2.45, 2.75) is 103 Å². The van der Waals surface area contributed by atoms with Crippen molar-refractivity contribution < 1.29 is 0 Å². The molecule has 0 aromatic heterocycles. The third kappa shape index (κ3) is 10.1. The van der Waals surface area contributed by atoms with Gasteiger partial charge in [0, 0.05) is 0 Å². The molecule has 0 atom stereocenters. The van der Waals surface area contributed by atoms with Crippen LogP contribution in [0.4, 0.5) is 0 Å². The SMILES string of the molecule is CCCCCCCCCCC/C=C/CCCCCc1ccc2ccccc2c1. The molecule has 0 amide bonds. The number of allylic oxidation sites excluding steroid dienone is 2. The van der Waals surface area contributed by atoms with Crippen LogP contribution < -0.4 is 0 Å². The third-order valence-electron chi connectivity index (χ3n) is 5.79. The Morgan fingerprint density at radius 1 is 0.571 bits per heavy atom. The van der Waals surface area contributed by atoms with Crippen LogP contribution in [0.2, 0.25) is 0 Å². The summed E-state index contributed by atoms with van der Waals surface area (Å²) in [6.07, 6.45) is 25.4. The lowest BCUT2D eigenvalue weighted by Gasteiger charge is -2.04. The van der Waals surface area contributed by atoms with Gasteiger partial charge >= 0.3 is 0 Å². The van der Waals surface area contributed by atoms with E-state index in [1.54, 1.807) is 0 Å². The lowest BCUT2D eigenvalue weighted by atomic mass is 10.0. The topological polar surface area (TPSA) is 0 Å². The molecule has 154 valence electrons. The van der Waals surface area contributed by atoms with Crippen LogP contribution in [-0.2, 0) is 6.42 Å². The van der Waals surface area contributed by atoms with Gasteiger partial charge in [-0.05, 0) is 54.9 Å². The second-order valence-electron chi connectivity index (χ2n) is 8.37. The zero-order valence-electron chi connectivity index (χ0n) is 18.3. The fourth-order valence-electron chi connectivity index (χ4n) is 3.97. The Bertz CT molecular complexity index is 652. The molecule has 0 heteroatoms. The highest BCUT2D eigenvalue weighted by atomic mass is 14.0. The summed E-state index contributed by atoms with van der Waals surface area (Å²) in [7, 11) is 0. The Balaban J connectivity index is 1.40. The average Bonchev–Trinajstić information content (AvgIpc) is 2.73. The molecule has 2 aromatic rings. The number of aryl methyl sites for hydroxylation is 1. The fourth-order valence-corrected chi connectivity index (χ4v) is 3.97. The van der Waals surface area contributed by atoms with E-state index in [1.165, 1.54) is 113 Å². The highest BCUT2D eigenvalue weighted by Gasteiger charge is 1.97. The molecule has 0 nitrogen and oxygen atoms in total. The van der Waals surface area contributed by atoms with Crippen LogP contribution in [-0.4, -0.2) is 0 Å². The summed E-state index contributed by atoms with van der Waals surface area (Å²) < 4.78 is 0. The van der Waals surface area contributed by atoms with Crippen LogP contribution in [0, 0.1) is 0 Å². The second kappa shape index (κ2) is 15.4. The minimum absolute atomic E-state index is 1.22. The molecule has 0 saturated carbocycles. The summed E-state index contributed by atoms with van der Waals surface area (Å²) in [6, 6.07) is 15.6. The normalized spacial score (nSPS) is 11.6. The Morgan fingerprint density at radius 3 is 1.82 bits per heavy atom. The Hall–Kier alpha value is -1.56. The van der Waals surface area contributed by atoms with Crippen molar-refractivity contribution in [3.8, 4) is 0 Å². The van der Waals surface area contributed by atoms with Crippen molar-refractivity contribution in [2.75, 3.05) is 0 Å². The van der Waals surface area contributed by atoms with Crippen molar-refractivity contribution in [1.29, 1.82) is 0 Å². The largest absolute Gasteiger partial charge is 0.0885 e. The molecule has 2 rings (SSSR count). The van der Waals surface area contributed by atoms with Crippen LogP contribution in [0.1, 0.15) is 102 Å². The molecule has 0 unspecified atom stereocenters. The van der Waals surface area contributed by atoms with Crippen molar-refractivity contribution in [1.82, 2.24) is 0 Å². The number of rotatable bonds is 16. The van der Waals surface area contributed by atoms with Gasteiger partial charge in [-0.3, -0.25) is 0 Å². The molecule has 0 radical (unpaired) electrons. The van der Waals surface area contributed by atoms with Crippen LogP contribution in [0.3, 0.4) is 0 Å². The number of hydrogen-bond acceptors (Lipinski definition) is 0. The van der Waals surface area contributed by atoms with Crippen molar-refractivity contribution in [3.05, 3.63) is 60.2 Å². The molecule has 28 heavy (non-hydrogen) atoms. The van der Waals surface area contributed by atoms with Gasteiger partial charge in [0.15, 0.2) is 0 Å². The quantitative estimate of drug-likeness (QED) is 0.201. The van der Waals surface area contributed by atoms with Gasteiger partial charge in [-0.1, -0.05) is 119 Å². The molecule has 0 bridgehead atoms. The van der Waals surface area contributed by atoms with Gasteiger partial charge < -0.3 is 0 Å². The third-order valence-corrected chi connectivity index (χ3v) is 5.79. The maximum atomic E-state index is 2.42. The standard InChI is InChI=1S/C28H42/c1-2-3-4-5-6-7-8-9-10-11-12-13-14-15-16-17-20-26-23-24-27-21-18-19-22-28(27)25-26/h12-13,18-19,21-25H,2-11,14-17,20H2,1H3/b13-12+. The van der Waals surface area contributed by atoms with Crippen LogP contribution in [0.5, 0.6) is 0 Å². The molecule has 0 fully saturated rings. The van der Waals surface area contributed by atoms with Gasteiger partial charge in [-0.2, -0.15) is 0 Å². The number of unbranched alkanes of at least 4 members (excludes halogenated alkanes) is 12. The van der Waals surface area contributed by atoms with E-state index in [0.717, 1.165) is 0 Å². The monoisotopic (exact) mass is 378 g/mol. The van der Waals surface area contributed by atoms with Crippen molar-refractivity contribution in [2.24, 2.45) is 0 Å². The second-order valence-corrected chi connectivity index (χ2v) is 8.37. The molecule has 0 N–H and O–H groups in total. The minimum Gasteiger partial charge on any atom is -0.0885 e. The average molecular weight is 379 g/mol. The van der Waals surface area contributed by atoms with E-state index in [0.29, 0.717) is 0 Å². The summed E-state index contributed by atoms with van der Waals surface area (Å²) in [6.45, 7) is 2.29. The first kappa shape index (κ1) is 22.7. The van der Waals surface area contributed by atoms with Crippen LogP contribution in [0.15, 0.2) is 54.6 Å². The lowest BCUT2D eigenvalue weighted by molar-refractivity contribution is 0.566. The molecule has 0 aliphatic carbocycles. The van der Waals surface area contributed by atoms with Gasteiger partial charge in [0.2, 0.25) is 0 Å². The van der Waals surface area contributed by atoms with E-state index in [9.17, 15) is 0 Å². The number of fused-ring (bicyclic) bond motifs is 1. The maximum absolute atomic E-state index is 2.42. The zero-order chi connectivity index (χ0) is 19.7. The first-order valence-electron chi connectivity index (χ1n) is 12.0. The van der Waals surface area contributed by atoms with Crippen molar-refractivity contribution in [3.63, 3.8) is 0 Å². The van der Waals surface area contributed by atoms with Crippen LogP contribution in [0.25, 0.3) is 10.8 Å². The van der Waals surface area contributed by atoms with Gasteiger partial charge in [0.05, 0.1) is 0 Å². The predicted molar refractivity (Wildman–Crippen MR) is 127 cm³/mol. The van der Waals surface area contributed by atoms with Gasteiger partial charge in [-0.25, -0.2) is 0 Å². The van der Waals surface area contributed by atoms with E-state index in [4.69, 9.17) is 0 Å². The van der Waals surface area contributed by atoms with E-state index in [1.807, 2.05) is 0 Å². The number of benzene rings is 2. The van der Waals surface area contributed by atoms with E-state index in [2.05, 4.69) is 61.5 Å². The summed E-state index contributed by atoms with van der Waals surface area (Å²) >= 11 is 0. The Morgan fingerprint density at radius 2 is 1.14 bits per heavy atom. The smallest absolute Gasteiger partial charge is 0.0181 e. The van der Waals surface area contributed by atoms with E-state index < -0.39 is 0 Å². The number of hydrogen-bond donors (Lipinski definition) is 0. The fraction of sp³-hybridized carbons (Fsp3) is 0.571. The van der Waals surface area contributed by atoms with Gasteiger partial charge in [0.25, 0.3) is 0 Å². The molecule has 0 aliphatic rings.